The van der Waals surface area contributed by atoms with Crippen LogP contribution in [0.15, 0.2) is 109 Å². The molecule has 2 aromatic rings. The summed E-state index contributed by atoms with van der Waals surface area (Å²) in [5.74, 6) is 0.695. The van der Waals surface area contributed by atoms with Gasteiger partial charge in [-0.3, -0.25) is 14.4 Å². The summed E-state index contributed by atoms with van der Waals surface area (Å²) in [5.41, 5.74) is 2.62. The molecule has 2 saturated carbocycles. The summed E-state index contributed by atoms with van der Waals surface area (Å²) in [6.07, 6.45) is 51.7. The van der Waals surface area contributed by atoms with Crippen LogP contribution < -0.4 is 0 Å². The first-order valence-electron chi connectivity index (χ1n) is 29.0. The number of carbonyl (C=O) groups excluding carboxylic acids is 3. The zero-order valence-corrected chi connectivity index (χ0v) is 45.9. The predicted molar refractivity (Wildman–Crippen MR) is 299 cm³/mol. The van der Waals surface area contributed by atoms with Crippen molar-refractivity contribution in [1.29, 1.82) is 0 Å². The minimum absolute atomic E-state index is 0.000456. The molecular formula is C65H99NO6. The number of unbranched alkanes of at least 4 members (excludes halogenated alkanes) is 16. The first kappa shape index (κ1) is 60.3. The van der Waals surface area contributed by atoms with Crippen molar-refractivity contribution in [2.24, 2.45) is 22.7 Å². The summed E-state index contributed by atoms with van der Waals surface area (Å²) in [7, 11) is 4.24. The van der Waals surface area contributed by atoms with Gasteiger partial charge in [0.05, 0.1) is 0 Å². The number of ether oxygens (including phenoxy) is 3. The average molecular weight is 991 g/mol. The van der Waals surface area contributed by atoms with Gasteiger partial charge in [0.15, 0.2) is 0 Å². The minimum atomic E-state index is -0.106. The van der Waals surface area contributed by atoms with E-state index < -0.39 is 0 Å². The molecule has 2 aromatic carbocycles. The lowest BCUT2D eigenvalue weighted by Crippen LogP contribution is -2.23. The van der Waals surface area contributed by atoms with E-state index in [2.05, 4.69) is 81.5 Å². The molecule has 4 rings (SSSR count). The highest BCUT2D eigenvalue weighted by Crippen LogP contribution is 2.49. The molecule has 0 spiro atoms. The Bertz CT molecular complexity index is 1740. The SMILES string of the molecule is CC(CC(=O)OC(CCCCCCCC/C=C\C1(/C=C\CCCCC(=O)OCc2ccccc2)CC1)CCCCCCCC/C=C\C1(/C=C\CCCCC(=O)OCc2ccccc2)CC1)CC(C)CN(C)C. The molecule has 2 aliphatic rings. The van der Waals surface area contributed by atoms with Crippen molar-refractivity contribution in [3.05, 3.63) is 120 Å². The lowest BCUT2D eigenvalue weighted by atomic mass is 9.94. The van der Waals surface area contributed by atoms with Gasteiger partial charge in [-0.15, -0.1) is 0 Å². The fraction of sp³-hybridized carbons (Fsp3) is 0.646. The maximum atomic E-state index is 13.2. The van der Waals surface area contributed by atoms with E-state index >= 15 is 0 Å². The van der Waals surface area contributed by atoms with Crippen LogP contribution in [-0.2, 0) is 41.8 Å². The number of nitrogens with zero attached hydrogens (tertiary/aromatic N) is 1. The van der Waals surface area contributed by atoms with Gasteiger partial charge >= 0.3 is 17.9 Å². The number of hydrogen-bond donors (Lipinski definition) is 0. The molecule has 0 aliphatic heterocycles. The summed E-state index contributed by atoms with van der Waals surface area (Å²) in [5, 5.41) is 0. The van der Waals surface area contributed by atoms with Gasteiger partial charge in [-0.1, -0.05) is 174 Å². The van der Waals surface area contributed by atoms with Gasteiger partial charge in [-0.05, 0) is 159 Å². The van der Waals surface area contributed by atoms with Crippen LogP contribution in [0, 0.1) is 22.7 Å². The maximum absolute atomic E-state index is 13.2. The molecule has 2 fully saturated rings. The van der Waals surface area contributed by atoms with Gasteiger partial charge in [0, 0.05) is 36.6 Å². The second kappa shape index (κ2) is 36.7. The van der Waals surface area contributed by atoms with E-state index in [1.807, 2.05) is 60.7 Å². The Balaban J connectivity index is 1.01. The summed E-state index contributed by atoms with van der Waals surface area (Å²) in [6, 6.07) is 19.7. The largest absolute Gasteiger partial charge is 0.462 e. The van der Waals surface area contributed by atoms with Crippen molar-refractivity contribution in [3.63, 3.8) is 0 Å². The number of hydrogen-bond acceptors (Lipinski definition) is 7. The summed E-state index contributed by atoms with van der Waals surface area (Å²) in [6.45, 7) is 6.26. The molecule has 7 heteroatoms. The molecule has 0 bridgehead atoms. The zero-order chi connectivity index (χ0) is 51.4. The molecule has 7 nitrogen and oxygen atoms in total. The minimum Gasteiger partial charge on any atom is -0.462 e. The standard InChI is InChI=1S/C65H99NO6/c1-56(51-57(2)53-66(3)4)52-63(69)72-60(39-27-13-9-5-7-11-17-31-43-64(47-48-64)45-33-19-15-29-41-61(67)70-54-58-35-23-21-24-36-58)40-28-14-10-6-8-12-18-32-44-65(49-50-65)46-34-20-16-30-42-62(68)71-55-59-37-25-22-26-38-59/h21-26,31-38,43-46,56-57,60H,5-20,27-30,39-42,47-55H2,1-4H3/b43-31-,44-32-,45-33-,46-34-. The van der Waals surface area contributed by atoms with Crippen LogP contribution >= 0.6 is 0 Å². The molecule has 2 aliphatic carbocycles. The number of carbonyl (C=O) groups is 3. The molecule has 72 heavy (non-hydrogen) atoms. The van der Waals surface area contributed by atoms with Crippen LogP contribution in [0.2, 0.25) is 0 Å². The molecule has 0 heterocycles. The van der Waals surface area contributed by atoms with Crippen LogP contribution in [0.25, 0.3) is 0 Å². The van der Waals surface area contributed by atoms with E-state index in [0.717, 1.165) is 101 Å². The summed E-state index contributed by atoms with van der Waals surface area (Å²) < 4.78 is 17.0. The predicted octanol–water partition coefficient (Wildman–Crippen LogP) is 17.1. The number of benzene rings is 2. The first-order valence-corrected chi connectivity index (χ1v) is 29.0. The highest BCUT2D eigenvalue weighted by atomic mass is 16.5. The normalized spacial score (nSPS) is 15.8. The Morgan fingerprint density at radius 1 is 0.500 bits per heavy atom. The van der Waals surface area contributed by atoms with Crippen molar-refractivity contribution in [2.75, 3.05) is 20.6 Å². The van der Waals surface area contributed by atoms with E-state index in [4.69, 9.17) is 14.2 Å². The quantitative estimate of drug-likeness (QED) is 0.0283. The van der Waals surface area contributed by atoms with Gasteiger partial charge in [0.2, 0.25) is 0 Å². The summed E-state index contributed by atoms with van der Waals surface area (Å²) >= 11 is 0. The first-order chi connectivity index (χ1) is 35.0. The third-order valence-electron chi connectivity index (χ3n) is 14.5. The Hall–Kier alpha value is -4.23. The van der Waals surface area contributed by atoms with E-state index in [1.165, 1.54) is 89.9 Å². The number of esters is 3. The molecule has 2 unspecified atom stereocenters. The van der Waals surface area contributed by atoms with Gasteiger partial charge in [0.25, 0.3) is 0 Å². The Morgan fingerprint density at radius 3 is 1.26 bits per heavy atom. The second-order valence-electron chi connectivity index (χ2n) is 22.3. The average Bonchev–Trinajstić information content (AvgIpc) is 4.31. The molecule has 0 N–H and O–H groups in total. The van der Waals surface area contributed by atoms with Crippen LogP contribution in [0.3, 0.4) is 0 Å². The highest BCUT2D eigenvalue weighted by Gasteiger charge is 2.37. The van der Waals surface area contributed by atoms with Gasteiger partial charge in [-0.2, -0.15) is 0 Å². The third kappa shape index (κ3) is 30.1. The molecule has 0 saturated heterocycles. The zero-order valence-electron chi connectivity index (χ0n) is 45.9. The molecule has 0 amide bonds. The fourth-order valence-electron chi connectivity index (χ4n) is 9.95. The van der Waals surface area contributed by atoms with E-state index in [0.29, 0.717) is 44.3 Å². The van der Waals surface area contributed by atoms with Gasteiger partial charge in [-0.25, -0.2) is 0 Å². The highest BCUT2D eigenvalue weighted by molar-refractivity contribution is 5.70. The molecule has 0 aromatic heterocycles. The lowest BCUT2D eigenvalue weighted by molar-refractivity contribution is -0.151. The Labute approximate surface area is 439 Å². The van der Waals surface area contributed by atoms with Crippen molar-refractivity contribution < 1.29 is 28.6 Å². The van der Waals surface area contributed by atoms with Gasteiger partial charge in [0.1, 0.15) is 19.3 Å². The monoisotopic (exact) mass is 990 g/mol. The third-order valence-corrected chi connectivity index (χ3v) is 14.5. The molecule has 2 atom stereocenters. The van der Waals surface area contributed by atoms with Crippen molar-refractivity contribution in [1.82, 2.24) is 4.90 Å². The van der Waals surface area contributed by atoms with E-state index in [1.54, 1.807) is 0 Å². The van der Waals surface area contributed by atoms with Crippen molar-refractivity contribution in [3.8, 4) is 0 Å². The van der Waals surface area contributed by atoms with Gasteiger partial charge < -0.3 is 19.1 Å². The number of allylic oxidation sites excluding steroid dienone is 8. The Kier molecular flexibility index (Phi) is 30.7. The van der Waals surface area contributed by atoms with Crippen LogP contribution in [0.4, 0.5) is 0 Å². The maximum Gasteiger partial charge on any atom is 0.306 e. The smallest absolute Gasteiger partial charge is 0.306 e. The molecule has 400 valence electrons. The van der Waals surface area contributed by atoms with E-state index in [-0.39, 0.29) is 34.8 Å². The molecule has 0 radical (unpaired) electrons. The van der Waals surface area contributed by atoms with Crippen molar-refractivity contribution >= 4 is 17.9 Å². The molecular weight excluding hydrogens is 891 g/mol. The lowest BCUT2D eigenvalue weighted by Gasteiger charge is -2.22. The Morgan fingerprint density at radius 2 is 0.875 bits per heavy atom. The number of rotatable bonds is 43. The van der Waals surface area contributed by atoms with Crippen LogP contribution in [-0.4, -0.2) is 49.6 Å². The van der Waals surface area contributed by atoms with Crippen LogP contribution in [0.1, 0.15) is 218 Å². The summed E-state index contributed by atoms with van der Waals surface area (Å²) in [4.78, 5) is 39.6. The van der Waals surface area contributed by atoms with Crippen molar-refractivity contribution in [2.45, 2.75) is 226 Å². The van der Waals surface area contributed by atoms with E-state index in [9.17, 15) is 14.4 Å². The topological polar surface area (TPSA) is 82.1 Å². The second-order valence-corrected chi connectivity index (χ2v) is 22.3. The van der Waals surface area contributed by atoms with Crippen LogP contribution in [0.5, 0.6) is 0 Å². The fourth-order valence-corrected chi connectivity index (χ4v) is 9.95.